The summed E-state index contributed by atoms with van der Waals surface area (Å²) in [4.78, 5) is 28.3. The first kappa shape index (κ1) is 21.9. The highest BCUT2D eigenvalue weighted by Crippen LogP contribution is 2.37. The number of imide groups is 1. The topological polar surface area (TPSA) is 58.6 Å². The quantitative estimate of drug-likeness (QED) is 0.467. The Balaban J connectivity index is 1.87. The van der Waals surface area contributed by atoms with Crippen molar-refractivity contribution in [3.05, 3.63) is 93.1 Å². The van der Waals surface area contributed by atoms with Gasteiger partial charge in [0.1, 0.15) is 11.4 Å². The van der Waals surface area contributed by atoms with E-state index in [9.17, 15) is 9.59 Å². The van der Waals surface area contributed by atoms with E-state index in [0.717, 1.165) is 10.5 Å². The Morgan fingerprint density at radius 1 is 0.812 bits per heavy atom. The van der Waals surface area contributed by atoms with Crippen LogP contribution in [-0.2, 0) is 9.59 Å². The summed E-state index contributed by atoms with van der Waals surface area (Å²) in [5.41, 5.74) is 3.52. The predicted octanol–water partition coefficient (Wildman–Crippen LogP) is 6.02. The van der Waals surface area contributed by atoms with Crippen molar-refractivity contribution in [1.29, 1.82) is 0 Å². The molecule has 162 valence electrons. The lowest BCUT2D eigenvalue weighted by Crippen LogP contribution is -2.33. The van der Waals surface area contributed by atoms with Crippen molar-refractivity contribution < 1.29 is 14.3 Å². The van der Waals surface area contributed by atoms with Gasteiger partial charge in [-0.1, -0.05) is 47.5 Å². The highest BCUT2D eigenvalue weighted by Gasteiger charge is 2.41. The average Bonchev–Trinajstić information content (AvgIpc) is 3.03. The summed E-state index contributed by atoms with van der Waals surface area (Å²) in [7, 11) is 1.57. The standard InChI is InChI=1S/C25H20Cl2N2O3/c1-14-18(26)6-4-8-20(14)28-23-22(16-10-12-17(32-3)13-11-16)24(30)29(25(23)31)21-9-5-7-19(27)15(21)2/h4-13,28H,1-3H3. The lowest BCUT2D eigenvalue weighted by Gasteiger charge is -2.18. The summed E-state index contributed by atoms with van der Waals surface area (Å²) in [6.07, 6.45) is 0. The average molecular weight is 467 g/mol. The van der Waals surface area contributed by atoms with E-state index < -0.39 is 11.8 Å². The highest BCUT2D eigenvalue weighted by molar-refractivity contribution is 6.46. The van der Waals surface area contributed by atoms with E-state index in [2.05, 4.69) is 5.32 Å². The zero-order valence-electron chi connectivity index (χ0n) is 17.7. The van der Waals surface area contributed by atoms with Crippen molar-refractivity contribution in [1.82, 2.24) is 0 Å². The fourth-order valence-corrected chi connectivity index (χ4v) is 3.95. The van der Waals surface area contributed by atoms with Crippen LogP contribution in [0.1, 0.15) is 16.7 Å². The number of nitrogens with one attached hydrogen (secondary N) is 1. The molecule has 0 unspecified atom stereocenters. The lowest BCUT2D eigenvalue weighted by atomic mass is 10.0. The Bertz CT molecular complexity index is 1270. The van der Waals surface area contributed by atoms with E-state index >= 15 is 0 Å². The minimum absolute atomic E-state index is 0.171. The molecule has 0 saturated heterocycles. The van der Waals surface area contributed by atoms with E-state index in [1.54, 1.807) is 68.6 Å². The van der Waals surface area contributed by atoms with E-state index in [1.807, 2.05) is 13.0 Å². The van der Waals surface area contributed by atoms with Gasteiger partial charge in [-0.2, -0.15) is 0 Å². The van der Waals surface area contributed by atoms with Gasteiger partial charge in [0.25, 0.3) is 11.8 Å². The molecule has 0 fully saturated rings. The van der Waals surface area contributed by atoms with E-state index in [4.69, 9.17) is 27.9 Å². The summed E-state index contributed by atoms with van der Waals surface area (Å²) in [5.74, 6) is -0.257. The van der Waals surface area contributed by atoms with Gasteiger partial charge in [0, 0.05) is 15.7 Å². The number of carbonyl (C=O) groups excluding carboxylic acids is 2. The molecule has 7 heteroatoms. The Hall–Kier alpha value is -3.28. The Morgan fingerprint density at radius 2 is 1.44 bits per heavy atom. The molecule has 5 nitrogen and oxygen atoms in total. The molecule has 4 rings (SSSR count). The third-order valence-corrected chi connectivity index (χ3v) is 6.29. The number of ether oxygens (including phenoxy) is 1. The van der Waals surface area contributed by atoms with Crippen LogP contribution in [0, 0.1) is 13.8 Å². The molecule has 0 aliphatic carbocycles. The van der Waals surface area contributed by atoms with E-state index in [1.165, 1.54) is 0 Å². The molecule has 3 aromatic rings. The number of nitrogens with zero attached hydrogens (tertiary/aromatic N) is 1. The van der Waals surface area contributed by atoms with Gasteiger partial charge in [0.05, 0.1) is 18.4 Å². The third-order valence-electron chi connectivity index (χ3n) is 5.47. The molecular formula is C25H20Cl2N2O3. The second kappa shape index (κ2) is 8.69. The first-order chi connectivity index (χ1) is 15.3. The van der Waals surface area contributed by atoms with Gasteiger partial charge in [0.2, 0.25) is 0 Å². The number of hydrogen-bond acceptors (Lipinski definition) is 4. The van der Waals surface area contributed by atoms with Gasteiger partial charge in [-0.05, 0) is 66.9 Å². The Labute approximate surface area is 196 Å². The van der Waals surface area contributed by atoms with E-state index in [0.29, 0.717) is 38.3 Å². The van der Waals surface area contributed by atoms with E-state index in [-0.39, 0.29) is 11.3 Å². The molecule has 1 aliphatic heterocycles. The molecule has 0 spiro atoms. The fraction of sp³-hybridized carbons (Fsp3) is 0.120. The van der Waals surface area contributed by atoms with Gasteiger partial charge in [0.15, 0.2) is 0 Å². The minimum Gasteiger partial charge on any atom is -0.497 e. The fourth-order valence-electron chi connectivity index (χ4n) is 3.61. The number of anilines is 2. The predicted molar refractivity (Wildman–Crippen MR) is 128 cm³/mol. The van der Waals surface area contributed by atoms with Gasteiger partial charge < -0.3 is 10.1 Å². The van der Waals surface area contributed by atoms with Crippen LogP contribution in [0.25, 0.3) is 5.57 Å². The van der Waals surface area contributed by atoms with Crippen molar-refractivity contribution in [2.45, 2.75) is 13.8 Å². The molecule has 1 aliphatic rings. The number of halogens is 2. The van der Waals surface area contributed by atoms with Crippen LogP contribution in [0.4, 0.5) is 11.4 Å². The second-order valence-corrected chi connectivity index (χ2v) is 8.16. The monoisotopic (exact) mass is 466 g/mol. The maximum absolute atomic E-state index is 13.6. The summed E-state index contributed by atoms with van der Waals surface area (Å²) in [6, 6.07) is 17.5. The van der Waals surface area contributed by atoms with Crippen molar-refractivity contribution in [2.24, 2.45) is 0 Å². The van der Waals surface area contributed by atoms with Gasteiger partial charge in [-0.25, -0.2) is 4.90 Å². The lowest BCUT2D eigenvalue weighted by molar-refractivity contribution is -0.120. The van der Waals surface area contributed by atoms with Gasteiger partial charge >= 0.3 is 0 Å². The number of benzene rings is 3. The molecule has 0 aromatic heterocycles. The highest BCUT2D eigenvalue weighted by atomic mass is 35.5. The van der Waals surface area contributed by atoms with Crippen LogP contribution in [0.2, 0.25) is 10.0 Å². The molecule has 1 N–H and O–H groups in total. The molecule has 0 radical (unpaired) electrons. The molecule has 0 saturated carbocycles. The maximum atomic E-state index is 13.6. The number of rotatable bonds is 5. The Kier molecular flexibility index (Phi) is 5.96. The zero-order valence-corrected chi connectivity index (χ0v) is 19.2. The Morgan fingerprint density at radius 3 is 2.09 bits per heavy atom. The smallest absolute Gasteiger partial charge is 0.282 e. The SMILES string of the molecule is COc1ccc(C2=C(Nc3cccc(Cl)c3C)C(=O)N(c3cccc(Cl)c3C)C2=O)cc1. The molecule has 0 atom stereocenters. The van der Waals surface area contributed by atoms with Gasteiger partial charge in [-0.3, -0.25) is 9.59 Å². The summed E-state index contributed by atoms with van der Waals surface area (Å²) in [6.45, 7) is 3.62. The first-order valence-corrected chi connectivity index (χ1v) is 10.6. The zero-order chi connectivity index (χ0) is 23.0. The summed E-state index contributed by atoms with van der Waals surface area (Å²) >= 11 is 12.5. The molecular weight excluding hydrogens is 447 g/mol. The largest absolute Gasteiger partial charge is 0.497 e. The molecule has 2 amide bonds. The van der Waals surface area contributed by atoms with Crippen LogP contribution in [0.3, 0.4) is 0 Å². The molecule has 1 heterocycles. The van der Waals surface area contributed by atoms with Crippen molar-refractivity contribution in [2.75, 3.05) is 17.3 Å². The maximum Gasteiger partial charge on any atom is 0.282 e. The van der Waals surface area contributed by atoms with Crippen LogP contribution in [0.5, 0.6) is 5.75 Å². The number of methoxy groups -OCH3 is 1. The number of hydrogen-bond donors (Lipinski definition) is 1. The molecule has 0 bridgehead atoms. The van der Waals surface area contributed by atoms with Crippen molar-refractivity contribution >= 4 is 52.0 Å². The number of carbonyl (C=O) groups is 2. The third kappa shape index (κ3) is 3.74. The molecule has 32 heavy (non-hydrogen) atoms. The number of amides is 2. The summed E-state index contributed by atoms with van der Waals surface area (Å²) < 4.78 is 5.23. The molecule has 3 aromatic carbocycles. The second-order valence-electron chi connectivity index (χ2n) is 7.35. The van der Waals surface area contributed by atoms with Crippen LogP contribution in [-0.4, -0.2) is 18.9 Å². The van der Waals surface area contributed by atoms with Gasteiger partial charge in [-0.15, -0.1) is 0 Å². The minimum atomic E-state index is -0.467. The normalized spacial score (nSPS) is 13.7. The van der Waals surface area contributed by atoms with Crippen molar-refractivity contribution in [3.8, 4) is 5.75 Å². The first-order valence-electron chi connectivity index (χ1n) is 9.88. The van der Waals surface area contributed by atoms with Crippen LogP contribution in [0.15, 0.2) is 66.4 Å². The van der Waals surface area contributed by atoms with Crippen LogP contribution < -0.4 is 15.0 Å². The van der Waals surface area contributed by atoms with Crippen LogP contribution >= 0.6 is 23.2 Å². The summed E-state index contributed by atoms with van der Waals surface area (Å²) in [5, 5.41) is 4.19. The van der Waals surface area contributed by atoms with Crippen molar-refractivity contribution in [3.63, 3.8) is 0 Å².